The quantitative estimate of drug-likeness (QED) is 0.853. The van der Waals surface area contributed by atoms with Gasteiger partial charge in [-0.2, -0.15) is 0 Å². The van der Waals surface area contributed by atoms with E-state index in [2.05, 4.69) is 15.8 Å². The van der Waals surface area contributed by atoms with Crippen molar-refractivity contribution in [1.82, 2.24) is 5.16 Å². The van der Waals surface area contributed by atoms with E-state index in [1.807, 2.05) is 13.8 Å². The van der Waals surface area contributed by atoms with Crippen LogP contribution in [0.15, 0.2) is 28.8 Å². The van der Waals surface area contributed by atoms with Crippen LogP contribution in [0.2, 0.25) is 0 Å². The second-order valence-corrected chi connectivity index (χ2v) is 6.19. The van der Waals surface area contributed by atoms with Gasteiger partial charge in [0.15, 0.2) is 0 Å². The average Bonchev–Trinajstić information content (AvgIpc) is 3.35. The molecule has 1 fully saturated rings. The lowest BCUT2D eigenvalue weighted by molar-refractivity contribution is -0.117. The number of aryl methyl sites for hydroxylation is 2. The monoisotopic (exact) mass is 327 g/mol. The summed E-state index contributed by atoms with van der Waals surface area (Å²) in [4.78, 5) is 23.8. The van der Waals surface area contributed by atoms with Gasteiger partial charge in [-0.25, -0.2) is 0 Å². The normalized spacial score (nSPS) is 13.6. The molecule has 0 bridgehead atoms. The third-order valence-corrected chi connectivity index (χ3v) is 4.17. The number of nitrogens with zero attached hydrogens (tertiary/aromatic N) is 1. The van der Waals surface area contributed by atoms with E-state index in [0.29, 0.717) is 18.5 Å². The smallest absolute Gasteiger partial charge is 0.227 e. The van der Waals surface area contributed by atoms with E-state index >= 15 is 0 Å². The van der Waals surface area contributed by atoms with Gasteiger partial charge in [0.25, 0.3) is 0 Å². The molecule has 1 aromatic heterocycles. The predicted octanol–water partition coefficient (Wildman–Crippen LogP) is 3.21. The zero-order chi connectivity index (χ0) is 17.1. The summed E-state index contributed by atoms with van der Waals surface area (Å²) in [5, 5.41) is 9.61. The van der Waals surface area contributed by atoms with E-state index in [1.54, 1.807) is 24.3 Å². The molecule has 6 heteroatoms. The van der Waals surface area contributed by atoms with Crippen LogP contribution in [-0.4, -0.2) is 17.0 Å². The van der Waals surface area contributed by atoms with E-state index in [9.17, 15) is 9.59 Å². The van der Waals surface area contributed by atoms with Gasteiger partial charge in [-0.1, -0.05) is 5.16 Å². The Morgan fingerprint density at radius 3 is 2.29 bits per heavy atom. The summed E-state index contributed by atoms with van der Waals surface area (Å²) < 4.78 is 5.10. The van der Waals surface area contributed by atoms with E-state index < -0.39 is 0 Å². The molecule has 0 atom stereocenters. The Kier molecular flexibility index (Phi) is 4.64. The zero-order valence-electron chi connectivity index (χ0n) is 13.9. The number of anilines is 2. The molecule has 0 aliphatic heterocycles. The summed E-state index contributed by atoms with van der Waals surface area (Å²) in [5.41, 5.74) is 3.28. The van der Waals surface area contributed by atoms with Crippen molar-refractivity contribution in [2.75, 3.05) is 10.6 Å². The maximum Gasteiger partial charge on any atom is 0.227 e. The van der Waals surface area contributed by atoms with Crippen LogP contribution in [-0.2, 0) is 16.0 Å². The largest absolute Gasteiger partial charge is 0.361 e. The molecule has 126 valence electrons. The fraction of sp³-hybridized carbons (Fsp3) is 0.389. The molecule has 2 amide bonds. The van der Waals surface area contributed by atoms with Crippen LogP contribution >= 0.6 is 0 Å². The predicted molar refractivity (Wildman–Crippen MR) is 90.7 cm³/mol. The Hall–Kier alpha value is -2.63. The summed E-state index contributed by atoms with van der Waals surface area (Å²) in [6.45, 7) is 3.72. The van der Waals surface area contributed by atoms with Gasteiger partial charge in [-0.05, 0) is 57.4 Å². The fourth-order valence-electron chi connectivity index (χ4n) is 2.55. The Balaban J connectivity index is 1.50. The Labute approximate surface area is 140 Å². The summed E-state index contributed by atoms with van der Waals surface area (Å²) in [7, 11) is 0. The summed E-state index contributed by atoms with van der Waals surface area (Å²) >= 11 is 0. The number of nitrogens with one attached hydrogen (secondary N) is 2. The van der Waals surface area contributed by atoms with E-state index in [4.69, 9.17) is 4.52 Å². The second kappa shape index (κ2) is 6.86. The lowest BCUT2D eigenvalue weighted by Crippen LogP contribution is -2.14. The van der Waals surface area contributed by atoms with Gasteiger partial charge >= 0.3 is 0 Å². The molecule has 0 radical (unpaired) electrons. The standard InChI is InChI=1S/C18H21N3O3/c1-11-16(12(2)24-21-11)9-10-17(22)19-14-5-7-15(8-6-14)20-18(23)13-3-4-13/h5-8,13H,3-4,9-10H2,1-2H3,(H,19,22)(H,20,23). The summed E-state index contributed by atoms with van der Waals surface area (Å²) in [6.07, 6.45) is 2.92. The van der Waals surface area contributed by atoms with E-state index in [1.165, 1.54) is 0 Å². The van der Waals surface area contributed by atoms with Crippen LogP contribution in [0.1, 0.15) is 36.3 Å². The highest BCUT2D eigenvalue weighted by Gasteiger charge is 2.29. The van der Waals surface area contributed by atoms with Gasteiger partial charge in [-0.15, -0.1) is 0 Å². The minimum atomic E-state index is -0.0650. The molecule has 1 aromatic carbocycles. The molecule has 2 aromatic rings. The molecule has 3 rings (SSSR count). The Morgan fingerprint density at radius 2 is 1.75 bits per heavy atom. The van der Waals surface area contributed by atoms with Crippen molar-refractivity contribution in [3.05, 3.63) is 41.3 Å². The summed E-state index contributed by atoms with van der Waals surface area (Å²) in [6, 6.07) is 7.17. The highest BCUT2D eigenvalue weighted by Crippen LogP contribution is 2.30. The van der Waals surface area contributed by atoms with E-state index in [-0.39, 0.29) is 17.7 Å². The van der Waals surface area contributed by atoms with Gasteiger partial charge in [0, 0.05) is 29.3 Å². The van der Waals surface area contributed by atoms with Crippen molar-refractivity contribution in [3.8, 4) is 0 Å². The maximum atomic E-state index is 12.1. The molecule has 0 unspecified atom stereocenters. The zero-order valence-corrected chi connectivity index (χ0v) is 13.9. The minimum absolute atomic E-state index is 0.0650. The molecule has 1 saturated carbocycles. The topological polar surface area (TPSA) is 84.2 Å². The lowest BCUT2D eigenvalue weighted by atomic mass is 10.1. The first-order valence-corrected chi connectivity index (χ1v) is 8.15. The third-order valence-electron chi connectivity index (χ3n) is 4.17. The second-order valence-electron chi connectivity index (χ2n) is 6.19. The highest BCUT2D eigenvalue weighted by molar-refractivity contribution is 5.95. The van der Waals surface area contributed by atoms with Gasteiger partial charge in [0.2, 0.25) is 11.8 Å². The minimum Gasteiger partial charge on any atom is -0.361 e. The molecule has 1 aliphatic rings. The van der Waals surface area contributed by atoms with Crippen LogP contribution in [0, 0.1) is 19.8 Å². The van der Waals surface area contributed by atoms with Gasteiger partial charge in [0.1, 0.15) is 5.76 Å². The fourth-order valence-corrected chi connectivity index (χ4v) is 2.55. The van der Waals surface area contributed by atoms with Crippen molar-refractivity contribution in [2.45, 2.75) is 39.5 Å². The van der Waals surface area contributed by atoms with E-state index in [0.717, 1.165) is 35.5 Å². The van der Waals surface area contributed by atoms with Crippen LogP contribution in [0.3, 0.4) is 0 Å². The van der Waals surface area contributed by atoms with Crippen molar-refractivity contribution in [2.24, 2.45) is 5.92 Å². The third kappa shape index (κ3) is 4.01. The molecule has 2 N–H and O–H groups in total. The SMILES string of the molecule is Cc1noc(C)c1CCC(=O)Nc1ccc(NC(=O)C2CC2)cc1. The van der Waals surface area contributed by atoms with Crippen LogP contribution in [0.25, 0.3) is 0 Å². The number of aromatic nitrogens is 1. The first kappa shape index (κ1) is 16.2. The molecule has 0 saturated heterocycles. The number of carbonyl (C=O) groups excluding carboxylic acids is 2. The molecule has 24 heavy (non-hydrogen) atoms. The first-order valence-electron chi connectivity index (χ1n) is 8.15. The Bertz CT molecular complexity index is 726. The van der Waals surface area contributed by atoms with Crippen LogP contribution in [0.4, 0.5) is 11.4 Å². The van der Waals surface area contributed by atoms with Gasteiger partial charge in [-0.3, -0.25) is 9.59 Å². The molecule has 6 nitrogen and oxygen atoms in total. The Morgan fingerprint density at radius 1 is 1.12 bits per heavy atom. The molecular weight excluding hydrogens is 306 g/mol. The van der Waals surface area contributed by atoms with Crippen LogP contribution < -0.4 is 10.6 Å². The molecule has 0 spiro atoms. The first-order chi connectivity index (χ1) is 11.5. The van der Waals surface area contributed by atoms with Crippen LogP contribution in [0.5, 0.6) is 0 Å². The van der Waals surface area contributed by atoms with Crippen molar-refractivity contribution in [3.63, 3.8) is 0 Å². The number of hydrogen-bond donors (Lipinski definition) is 2. The number of carbonyl (C=O) groups is 2. The number of hydrogen-bond acceptors (Lipinski definition) is 4. The number of benzene rings is 1. The highest BCUT2D eigenvalue weighted by atomic mass is 16.5. The maximum absolute atomic E-state index is 12.1. The molecule has 1 aliphatic carbocycles. The molecular formula is C18H21N3O3. The van der Waals surface area contributed by atoms with Crippen molar-refractivity contribution < 1.29 is 14.1 Å². The van der Waals surface area contributed by atoms with Gasteiger partial charge in [0.05, 0.1) is 5.69 Å². The summed E-state index contributed by atoms with van der Waals surface area (Å²) in [5.74, 6) is 0.945. The average molecular weight is 327 g/mol. The number of amides is 2. The van der Waals surface area contributed by atoms with Gasteiger partial charge < -0.3 is 15.2 Å². The van der Waals surface area contributed by atoms with Crippen molar-refractivity contribution in [1.29, 1.82) is 0 Å². The number of rotatable bonds is 6. The molecule has 1 heterocycles. The van der Waals surface area contributed by atoms with Crippen molar-refractivity contribution >= 4 is 23.2 Å². The lowest BCUT2D eigenvalue weighted by Gasteiger charge is -2.08.